The van der Waals surface area contributed by atoms with E-state index < -0.39 is 6.03 Å². The van der Waals surface area contributed by atoms with Crippen molar-refractivity contribution in [2.24, 2.45) is 5.73 Å². The second-order valence-corrected chi connectivity index (χ2v) is 1.59. The number of rotatable bonds is 4. The molecule has 0 aromatic carbocycles. The fraction of sp³-hybridized carbons (Fsp3) is 0.800. The number of nitrogens with zero attached hydrogens (tertiary/aromatic N) is 1. The number of carbonyl (C=O) groups excluding carboxylic acids is 1. The molecule has 0 aliphatic rings. The Hall–Kier alpha value is -0.810. The molecule has 5 nitrogen and oxygen atoms in total. The van der Waals surface area contributed by atoms with Gasteiger partial charge in [0.15, 0.2) is 0 Å². The third-order valence-corrected chi connectivity index (χ3v) is 0.871. The normalized spacial score (nSPS) is 9.40. The van der Waals surface area contributed by atoms with Crippen LogP contribution in [0, 0.1) is 0 Å². The zero-order valence-corrected chi connectivity index (χ0v) is 5.91. The van der Waals surface area contributed by atoms with Crippen molar-refractivity contribution in [1.29, 1.82) is 0 Å². The van der Waals surface area contributed by atoms with E-state index in [9.17, 15) is 4.79 Å². The van der Waals surface area contributed by atoms with E-state index in [0.717, 1.165) is 5.06 Å². The number of urea groups is 1. The Morgan fingerprint density at radius 1 is 1.80 bits per heavy atom. The molecule has 0 bridgehead atoms. The first-order chi connectivity index (χ1) is 4.72. The van der Waals surface area contributed by atoms with Gasteiger partial charge in [0.25, 0.3) is 0 Å². The minimum Gasteiger partial charge on any atom is -0.394 e. The first kappa shape index (κ1) is 9.19. The Kier molecular flexibility index (Phi) is 4.61. The standard InChI is InChI=1S/C5H12N2O3/c1-2-7(5(6)9)10-4-3-8/h8H,2-4H2,1H3,(H2,6,9). The Balaban J connectivity index is 3.50. The number of nitrogens with two attached hydrogens (primary N) is 1. The van der Waals surface area contributed by atoms with Crippen LogP contribution < -0.4 is 5.73 Å². The summed E-state index contributed by atoms with van der Waals surface area (Å²) in [5.41, 5.74) is 4.87. The molecular formula is C5H12N2O3. The average Bonchev–Trinajstić information content (AvgIpc) is 1.89. The molecule has 60 valence electrons. The van der Waals surface area contributed by atoms with Crippen molar-refractivity contribution < 1.29 is 14.7 Å². The molecule has 0 radical (unpaired) electrons. The molecule has 3 N–H and O–H groups in total. The van der Waals surface area contributed by atoms with Crippen molar-refractivity contribution in [3.8, 4) is 0 Å². The van der Waals surface area contributed by atoms with Gasteiger partial charge in [-0.25, -0.2) is 9.86 Å². The van der Waals surface area contributed by atoms with E-state index in [1.807, 2.05) is 0 Å². The third kappa shape index (κ3) is 3.26. The zero-order chi connectivity index (χ0) is 7.98. The maximum absolute atomic E-state index is 10.4. The van der Waals surface area contributed by atoms with Crippen molar-refractivity contribution in [2.75, 3.05) is 19.8 Å². The zero-order valence-electron chi connectivity index (χ0n) is 5.91. The highest BCUT2D eigenvalue weighted by Crippen LogP contribution is 1.87. The van der Waals surface area contributed by atoms with Gasteiger partial charge in [0.2, 0.25) is 0 Å². The Morgan fingerprint density at radius 3 is 2.70 bits per heavy atom. The molecule has 0 heterocycles. The van der Waals surface area contributed by atoms with Crippen LogP contribution in [0.25, 0.3) is 0 Å². The summed E-state index contributed by atoms with van der Waals surface area (Å²) in [7, 11) is 0. The highest BCUT2D eigenvalue weighted by molar-refractivity contribution is 5.70. The van der Waals surface area contributed by atoms with E-state index in [1.165, 1.54) is 0 Å². The van der Waals surface area contributed by atoms with Gasteiger partial charge in [0.1, 0.15) is 0 Å². The maximum Gasteiger partial charge on any atom is 0.338 e. The van der Waals surface area contributed by atoms with Gasteiger partial charge < -0.3 is 10.8 Å². The maximum atomic E-state index is 10.4. The lowest BCUT2D eigenvalue weighted by molar-refractivity contribution is -0.120. The molecule has 0 aromatic rings. The van der Waals surface area contributed by atoms with Gasteiger partial charge in [-0.05, 0) is 6.92 Å². The van der Waals surface area contributed by atoms with Crippen LogP contribution in [0.4, 0.5) is 4.79 Å². The summed E-state index contributed by atoms with van der Waals surface area (Å²) >= 11 is 0. The van der Waals surface area contributed by atoms with Gasteiger partial charge in [-0.1, -0.05) is 0 Å². The lowest BCUT2D eigenvalue weighted by Gasteiger charge is -2.16. The van der Waals surface area contributed by atoms with Crippen LogP contribution in [0.1, 0.15) is 6.92 Å². The molecule has 0 aromatic heterocycles. The summed E-state index contributed by atoms with van der Waals surface area (Å²) in [6.07, 6.45) is 0. The first-order valence-corrected chi connectivity index (χ1v) is 3.03. The van der Waals surface area contributed by atoms with Crippen molar-refractivity contribution in [3.05, 3.63) is 0 Å². The molecular weight excluding hydrogens is 136 g/mol. The number of carbonyl (C=O) groups is 1. The summed E-state index contributed by atoms with van der Waals surface area (Å²) in [6, 6.07) is -0.643. The van der Waals surface area contributed by atoms with Gasteiger partial charge in [0, 0.05) is 6.54 Å². The fourth-order valence-electron chi connectivity index (χ4n) is 0.462. The minimum atomic E-state index is -0.643. The molecule has 0 rings (SSSR count). The van der Waals surface area contributed by atoms with E-state index in [0.29, 0.717) is 6.54 Å². The molecule has 0 saturated carbocycles. The van der Waals surface area contributed by atoms with Crippen LogP contribution in [0.15, 0.2) is 0 Å². The molecule has 0 fully saturated rings. The summed E-state index contributed by atoms with van der Waals surface area (Å²) in [4.78, 5) is 15.1. The molecule has 2 amide bonds. The largest absolute Gasteiger partial charge is 0.394 e. The van der Waals surface area contributed by atoms with E-state index >= 15 is 0 Å². The third-order valence-electron chi connectivity index (χ3n) is 0.871. The van der Waals surface area contributed by atoms with E-state index in [1.54, 1.807) is 6.92 Å². The van der Waals surface area contributed by atoms with Gasteiger partial charge in [0.05, 0.1) is 13.2 Å². The monoisotopic (exact) mass is 148 g/mol. The van der Waals surface area contributed by atoms with Crippen molar-refractivity contribution in [1.82, 2.24) is 5.06 Å². The molecule has 0 spiro atoms. The highest BCUT2D eigenvalue weighted by atomic mass is 16.7. The van der Waals surface area contributed by atoms with Crippen LogP contribution in [-0.2, 0) is 4.84 Å². The van der Waals surface area contributed by atoms with E-state index in [2.05, 4.69) is 0 Å². The second kappa shape index (κ2) is 5.01. The Labute approximate surface area is 59.3 Å². The lowest BCUT2D eigenvalue weighted by Crippen LogP contribution is -2.36. The Morgan fingerprint density at radius 2 is 2.40 bits per heavy atom. The van der Waals surface area contributed by atoms with Crippen LogP contribution in [0.5, 0.6) is 0 Å². The van der Waals surface area contributed by atoms with Crippen LogP contribution >= 0.6 is 0 Å². The SMILES string of the molecule is CCN(OCCO)C(N)=O. The molecule has 0 saturated heterocycles. The summed E-state index contributed by atoms with van der Waals surface area (Å²) < 4.78 is 0. The predicted molar refractivity (Wildman–Crippen MR) is 35.0 cm³/mol. The van der Waals surface area contributed by atoms with Crippen molar-refractivity contribution >= 4 is 6.03 Å². The number of primary amides is 1. The molecule has 0 atom stereocenters. The number of aliphatic hydroxyl groups excluding tert-OH is 1. The minimum absolute atomic E-state index is 0.0940. The van der Waals surface area contributed by atoms with Crippen molar-refractivity contribution in [2.45, 2.75) is 6.92 Å². The van der Waals surface area contributed by atoms with Crippen molar-refractivity contribution in [3.63, 3.8) is 0 Å². The molecule has 10 heavy (non-hydrogen) atoms. The van der Waals surface area contributed by atoms with Gasteiger partial charge in [-0.2, -0.15) is 0 Å². The number of aliphatic hydroxyl groups is 1. The Bertz CT molecular complexity index is 107. The lowest BCUT2D eigenvalue weighted by atomic mass is 10.7. The molecule has 0 unspecified atom stereocenters. The van der Waals surface area contributed by atoms with Crippen LogP contribution in [0.2, 0.25) is 0 Å². The smallest absolute Gasteiger partial charge is 0.338 e. The predicted octanol–water partition coefficient (Wildman–Crippen LogP) is -0.689. The molecule has 0 aliphatic carbocycles. The van der Waals surface area contributed by atoms with Gasteiger partial charge in [-0.15, -0.1) is 0 Å². The fourth-order valence-corrected chi connectivity index (χ4v) is 0.462. The molecule has 0 aliphatic heterocycles. The first-order valence-electron chi connectivity index (χ1n) is 3.03. The van der Waals surface area contributed by atoms with Crippen LogP contribution in [0.3, 0.4) is 0 Å². The second-order valence-electron chi connectivity index (χ2n) is 1.59. The van der Waals surface area contributed by atoms with Crippen LogP contribution in [-0.4, -0.2) is 36.0 Å². The number of hydrogen-bond acceptors (Lipinski definition) is 3. The van der Waals surface area contributed by atoms with E-state index in [4.69, 9.17) is 15.7 Å². The highest BCUT2D eigenvalue weighted by Gasteiger charge is 2.05. The quantitative estimate of drug-likeness (QED) is 0.518. The van der Waals surface area contributed by atoms with E-state index in [-0.39, 0.29) is 13.2 Å². The summed E-state index contributed by atoms with van der Waals surface area (Å²) in [5, 5.41) is 9.27. The number of hydrogen-bond donors (Lipinski definition) is 2. The number of amides is 2. The molecule has 5 heteroatoms. The topological polar surface area (TPSA) is 75.8 Å². The number of hydroxylamine groups is 2. The van der Waals surface area contributed by atoms with Gasteiger partial charge >= 0.3 is 6.03 Å². The van der Waals surface area contributed by atoms with Gasteiger partial charge in [-0.3, -0.25) is 4.84 Å². The summed E-state index contributed by atoms with van der Waals surface area (Å²) in [5.74, 6) is 0. The average molecular weight is 148 g/mol. The summed E-state index contributed by atoms with van der Waals surface area (Å²) in [6.45, 7) is 2.08.